The van der Waals surface area contributed by atoms with Crippen molar-refractivity contribution < 1.29 is 9.59 Å². The average Bonchev–Trinajstić information content (AvgIpc) is 2.45. The zero-order chi connectivity index (χ0) is 15.8. The summed E-state index contributed by atoms with van der Waals surface area (Å²) in [5.74, 6) is -0.354. The standard InChI is InChI=1S/C16H25N3O2/c1-11(2)14(16(21)18-10-9-17-4)19-15(20)13-7-5-12(3)6-8-13/h5-8,11,14,17H,9-10H2,1-4H3,(H,18,21)(H,19,20). The van der Waals surface area contributed by atoms with Crippen LogP contribution in [0.2, 0.25) is 0 Å². The van der Waals surface area contributed by atoms with Crippen LogP contribution in [0.15, 0.2) is 24.3 Å². The molecule has 0 heterocycles. The number of amides is 2. The molecular weight excluding hydrogens is 266 g/mol. The van der Waals surface area contributed by atoms with Crippen molar-refractivity contribution in [3.05, 3.63) is 35.4 Å². The smallest absolute Gasteiger partial charge is 0.251 e. The van der Waals surface area contributed by atoms with Crippen LogP contribution in [0.1, 0.15) is 29.8 Å². The number of hydrogen-bond acceptors (Lipinski definition) is 3. The molecule has 2 amide bonds. The summed E-state index contributed by atoms with van der Waals surface area (Å²) in [7, 11) is 1.82. The molecular formula is C16H25N3O2. The highest BCUT2D eigenvalue weighted by Crippen LogP contribution is 2.06. The third-order valence-electron chi connectivity index (χ3n) is 3.22. The fourth-order valence-corrected chi connectivity index (χ4v) is 1.89. The van der Waals surface area contributed by atoms with Crippen LogP contribution in [0.5, 0.6) is 0 Å². The Bertz CT molecular complexity index is 469. The van der Waals surface area contributed by atoms with E-state index in [1.54, 1.807) is 12.1 Å². The third kappa shape index (κ3) is 5.55. The van der Waals surface area contributed by atoms with Gasteiger partial charge in [0.05, 0.1) is 0 Å². The predicted molar refractivity (Wildman–Crippen MR) is 84.2 cm³/mol. The Morgan fingerprint density at radius 3 is 2.24 bits per heavy atom. The minimum Gasteiger partial charge on any atom is -0.353 e. The Kier molecular flexibility index (Phi) is 6.88. The van der Waals surface area contributed by atoms with Gasteiger partial charge in [-0.05, 0) is 32.0 Å². The molecule has 0 aliphatic heterocycles. The van der Waals surface area contributed by atoms with Crippen molar-refractivity contribution in [2.45, 2.75) is 26.8 Å². The molecule has 0 saturated carbocycles. The maximum absolute atomic E-state index is 12.2. The second kappa shape index (κ2) is 8.42. The minimum absolute atomic E-state index is 0.0222. The van der Waals surface area contributed by atoms with Gasteiger partial charge in [-0.25, -0.2) is 0 Å². The molecule has 1 atom stereocenters. The highest BCUT2D eigenvalue weighted by Gasteiger charge is 2.24. The lowest BCUT2D eigenvalue weighted by molar-refractivity contribution is -0.123. The number of benzene rings is 1. The van der Waals surface area contributed by atoms with E-state index in [4.69, 9.17) is 0 Å². The first-order valence-corrected chi connectivity index (χ1v) is 7.25. The second-order valence-electron chi connectivity index (χ2n) is 5.46. The lowest BCUT2D eigenvalue weighted by Gasteiger charge is -2.21. The van der Waals surface area contributed by atoms with Gasteiger partial charge in [-0.1, -0.05) is 31.5 Å². The van der Waals surface area contributed by atoms with E-state index in [1.807, 2.05) is 40.0 Å². The van der Waals surface area contributed by atoms with Gasteiger partial charge in [-0.15, -0.1) is 0 Å². The van der Waals surface area contributed by atoms with Crippen LogP contribution in [0.25, 0.3) is 0 Å². The van der Waals surface area contributed by atoms with Gasteiger partial charge >= 0.3 is 0 Å². The Morgan fingerprint density at radius 2 is 1.71 bits per heavy atom. The molecule has 5 heteroatoms. The highest BCUT2D eigenvalue weighted by molar-refractivity contribution is 5.97. The Balaban J connectivity index is 2.67. The van der Waals surface area contributed by atoms with Crippen LogP contribution in [-0.4, -0.2) is 38.0 Å². The maximum Gasteiger partial charge on any atom is 0.251 e. The van der Waals surface area contributed by atoms with Gasteiger partial charge < -0.3 is 16.0 Å². The van der Waals surface area contributed by atoms with Crippen molar-refractivity contribution in [1.29, 1.82) is 0 Å². The van der Waals surface area contributed by atoms with Gasteiger partial charge in [-0.3, -0.25) is 9.59 Å². The normalized spacial score (nSPS) is 12.0. The summed E-state index contributed by atoms with van der Waals surface area (Å²) >= 11 is 0. The summed E-state index contributed by atoms with van der Waals surface area (Å²) < 4.78 is 0. The molecule has 0 bridgehead atoms. The Morgan fingerprint density at radius 1 is 1.10 bits per heavy atom. The minimum atomic E-state index is -0.532. The monoisotopic (exact) mass is 291 g/mol. The summed E-state index contributed by atoms with van der Waals surface area (Å²) in [6.45, 7) is 7.03. The summed E-state index contributed by atoms with van der Waals surface area (Å²) in [6, 6.07) is 6.76. The van der Waals surface area contributed by atoms with Gasteiger partial charge in [0.15, 0.2) is 0 Å². The number of nitrogens with one attached hydrogen (secondary N) is 3. The number of rotatable bonds is 7. The molecule has 1 aromatic carbocycles. The van der Waals surface area contributed by atoms with E-state index in [1.165, 1.54) is 0 Å². The molecule has 0 aromatic heterocycles. The van der Waals surface area contributed by atoms with E-state index < -0.39 is 6.04 Å². The van der Waals surface area contributed by atoms with Gasteiger partial charge in [-0.2, -0.15) is 0 Å². The van der Waals surface area contributed by atoms with E-state index in [0.717, 1.165) is 5.56 Å². The Labute approximate surface area is 126 Å². The SMILES string of the molecule is CNCCNC(=O)C(NC(=O)c1ccc(C)cc1)C(C)C. The fraction of sp³-hybridized carbons (Fsp3) is 0.500. The van der Waals surface area contributed by atoms with E-state index in [9.17, 15) is 9.59 Å². The van der Waals surface area contributed by atoms with Crippen molar-refractivity contribution in [1.82, 2.24) is 16.0 Å². The van der Waals surface area contributed by atoms with Gasteiger partial charge in [0, 0.05) is 18.7 Å². The first kappa shape index (κ1) is 17.2. The molecule has 1 unspecified atom stereocenters. The van der Waals surface area contributed by atoms with Crippen molar-refractivity contribution in [3.63, 3.8) is 0 Å². The largest absolute Gasteiger partial charge is 0.353 e. The highest BCUT2D eigenvalue weighted by atomic mass is 16.2. The van der Waals surface area contributed by atoms with E-state index >= 15 is 0 Å². The number of carbonyl (C=O) groups excluding carboxylic acids is 2. The van der Waals surface area contributed by atoms with Crippen molar-refractivity contribution in [3.8, 4) is 0 Å². The molecule has 1 rings (SSSR count). The van der Waals surface area contributed by atoms with Crippen LogP contribution in [0, 0.1) is 12.8 Å². The molecule has 0 fully saturated rings. The van der Waals surface area contributed by atoms with Crippen LogP contribution in [0.4, 0.5) is 0 Å². The number of hydrogen-bond donors (Lipinski definition) is 3. The lowest BCUT2D eigenvalue weighted by Crippen LogP contribution is -2.50. The number of carbonyl (C=O) groups is 2. The van der Waals surface area contributed by atoms with Crippen molar-refractivity contribution >= 4 is 11.8 Å². The lowest BCUT2D eigenvalue weighted by atomic mass is 10.0. The number of aryl methyl sites for hydroxylation is 1. The summed E-state index contributed by atoms with van der Waals surface area (Å²) in [6.07, 6.45) is 0. The van der Waals surface area contributed by atoms with Gasteiger partial charge in [0.1, 0.15) is 6.04 Å². The molecule has 0 aliphatic carbocycles. The molecule has 5 nitrogen and oxygen atoms in total. The molecule has 0 spiro atoms. The molecule has 3 N–H and O–H groups in total. The first-order valence-electron chi connectivity index (χ1n) is 7.25. The van der Waals surface area contributed by atoms with Crippen molar-refractivity contribution in [2.24, 2.45) is 5.92 Å². The average molecular weight is 291 g/mol. The van der Waals surface area contributed by atoms with E-state index in [2.05, 4.69) is 16.0 Å². The summed E-state index contributed by atoms with van der Waals surface area (Å²) in [4.78, 5) is 24.3. The van der Waals surface area contributed by atoms with E-state index in [-0.39, 0.29) is 17.7 Å². The molecule has 116 valence electrons. The third-order valence-corrected chi connectivity index (χ3v) is 3.22. The molecule has 21 heavy (non-hydrogen) atoms. The topological polar surface area (TPSA) is 70.2 Å². The second-order valence-corrected chi connectivity index (χ2v) is 5.46. The molecule has 1 aromatic rings. The van der Waals surface area contributed by atoms with Crippen LogP contribution < -0.4 is 16.0 Å². The van der Waals surface area contributed by atoms with E-state index in [0.29, 0.717) is 18.7 Å². The first-order chi connectivity index (χ1) is 9.95. The number of likely N-dealkylation sites (N-methyl/N-ethyl adjacent to an activating group) is 1. The predicted octanol–water partition coefficient (Wildman–Crippen LogP) is 1.09. The summed E-state index contributed by atoms with van der Waals surface area (Å²) in [5.41, 5.74) is 1.66. The van der Waals surface area contributed by atoms with Crippen LogP contribution in [0.3, 0.4) is 0 Å². The van der Waals surface area contributed by atoms with Gasteiger partial charge in [0.2, 0.25) is 5.91 Å². The summed E-state index contributed by atoms with van der Waals surface area (Å²) in [5, 5.41) is 8.58. The molecule has 0 radical (unpaired) electrons. The van der Waals surface area contributed by atoms with Crippen LogP contribution in [-0.2, 0) is 4.79 Å². The Hall–Kier alpha value is -1.88. The fourth-order valence-electron chi connectivity index (χ4n) is 1.89. The maximum atomic E-state index is 12.2. The quantitative estimate of drug-likeness (QED) is 0.659. The zero-order valence-electron chi connectivity index (χ0n) is 13.2. The van der Waals surface area contributed by atoms with Crippen LogP contribution >= 0.6 is 0 Å². The molecule has 0 saturated heterocycles. The van der Waals surface area contributed by atoms with Crippen molar-refractivity contribution in [2.75, 3.05) is 20.1 Å². The van der Waals surface area contributed by atoms with Gasteiger partial charge in [0.25, 0.3) is 5.91 Å². The molecule has 0 aliphatic rings. The zero-order valence-corrected chi connectivity index (χ0v) is 13.2.